The SMILES string of the molecule is CC(=O)Nc1nc(-c2ccc(SC(C)C(=O)O)cc2)cs1. The summed E-state index contributed by atoms with van der Waals surface area (Å²) in [5.74, 6) is -0.978. The maximum atomic E-state index is 11.0. The van der Waals surface area contributed by atoms with Gasteiger partial charge in [-0.1, -0.05) is 12.1 Å². The maximum absolute atomic E-state index is 11.0. The molecule has 1 unspecified atom stereocenters. The molecule has 21 heavy (non-hydrogen) atoms. The summed E-state index contributed by atoms with van der Waals surface area (Å²) >= 11 is 2.66. The molecule has 1 atom stereocenters. The molecule has 1 heterocycles. The number of benzene rings is 1. The van der Waals surface area contributed by atoms with E-state index < -0.39 is 11.2 Å². The predicted molar refractivity (Wildman–Crippen MR) is 84.8 cm³/mol. The lowest BCUT2D eigenvalue weighted by Gasteiger charge is -2.06. The third kappa shape index (κ3) is 4.30. The summed E-state index contributed by atoms with van der Waals surface area (Å²) in [6, 6.07) is 7.53. The van der Waals surface area contributed by atoms with E-state index in [1.807, 2.05) is 29.6 Å². The molecular weight excluding hydrogens is 308 g/mol. The highest BCUT2D eigenvalue weighted by Crippen LogP contribution is 2.28. The zero-order valence-electron chi connectivity index (χ0n) is 11.5. The number of anilines is 1. The van der Waals surface area contributed by atoms with Gasteiger partial charge in [-0.15, -0.1) is 23.1 Å². The molecule has 5 nitrogen and oxygen atoms in total. The number of carbonyl (C=O) groups excluding carboxylic acids is 1. The molecule has 2 rings (SSSR count). The molecule has 2 aromatic rings. The molecule has 1 aromatic heterocycles. The molecule has 1 aromatic carbocycles. The van der Waals surface area contributed by atoms with Crippen molar-refractivity contribution in [3.8, 4) is 11.3 Å². The van der Waals surface area contributed by atoms with Crippen LogP contribution in [0.3, 0.4) is 0 Å². The van der Waals surface area contributed by atoms with Crippen LogP contribution in [0.15, 0.2) is 34.5 Å². The van der Waals surface area contributed by atoms with Crippen molar-refractivity contribution < 1.29 is 14.7 Å². The van der Waals surface area contributed by atoms with Crippen LogP contribution in [0.5, 0.6) is 0 Å². The number of nitrogens with one attached hydrogen (secondary N) is 1. The van der Waals surface area contributed by atoms with Gasteiger partial charge in [-0.3, -0.25) is 9.59 Å². The molecule has 0 aliphatic rings. The Bertz CT molecular complexity index is 652. The average Bonchev–Trinajstić information content (AvgIpc) is 2.87. The fraction of sp³-hybridized carbons (Fsp3) is 0.214. The van der Waals surface area contributed by atoms with Gasteiger partial charge in [0.05, 0.1) is 5.69 Å². The second kappa shape index (κ2) is 6.73. The van der Waals surface area contributed by atoms with E-state index in [0.29, 0.717) is 5.13 Å². The van der Waals surface area contributed by atoms with Crippen LogP contribution in [0.1, 0.15) is 13.8 Å². The Morgan fingerprint density at radius 2 is 2.00 bits per heavy atom. The van der Waals surface area contributed by atoms with E-state index in [1.54, 1.807) is 6.92 Å². The standard InChI is InChI=1S/C14H14N2O3S2/c1-8(13(18)19)21-11-5-3-10(4-6-11)12-7-20-14(16-12)15-9(2)17/h3-8H,1-2H3,(H,18,19)(H,15,16,17). The van der Waals surface area contributed by atoms with Gasteiger partial charge in [-0.2, -0.15) is 0 Å². The zero-order chi connectivity index (χ0) is 15.4. The number of nitrogens with zero attached hydrogens (tertiary/aromatic N) is 1. The number of carbonyl (C=O) groups is 2. The molecule has 7 heteroatoms. The van der Waals surface area contributed by atoms with E-state index in [1.165, 1.54) is 30.0 Å². The Hall–Kier alpha value is -1.86. The molecule has 0 bridgehead atoms. The molecule has 0 aliphatic heterocycles. The van der Waals surface area contributed by atoms with Gasteiger partial charge in [0.15, 0.2) is 5.13 Å². The summed E-state index contributed by atoms with van der Waals surface area (Å²) in [5, 5.41) is 13.5. The number of aromatic nitrogens is 1. The number of thiazole rings is 1. The van der Waals surface area contributed by atoms with Crippen LogP contribution in [-0.2, 0) is 9.59 Å². The van der Waals surface area contributed by atoms with Crippen molar-refractivity contribution in [2.24, 2.45) is 0 Å². The monoisotopic (exact) mass is 322 g/mol. The topological polar surface area (TPSA) is 79.3 Å². The van der Waals surface area contributed by atoms with E-state index >= 15 is 0 Å². The zero-order valence-corrected chi connectivity index (χ0v) is 13.1. The number of carboxylic acid groups (broad SMARTS) is 1. The molecule has 0 spiro atoms. The average molecular weight is 322 g/mol. The Labute approximate surface area is 130 Å². The molecule has 110 valence electrons. The summed E-state index contributed by atoms with van der Waals surface area (Å²) in [5.41, 5.74) is 1.71. The van der Waals surface area contributed by atoms with Crippen molar-refractivity contribution in [1.82, 2.24) is 4.98 Å². The first-order valence-corrected chi connectivity index (χ1v) is 7.94. The normalized spacial score (nSPS) is 11.9. The maximum Gasteiger partial charge on any atom is 0.316 e. The minimum atomic E-state index is -0.830. The van der Waals surface area contributed by atoms with Crippen molar-refractivity contribution in [3.63, 3.8) is 0 Å². The molecular formula is C14H14N2O3S2. The van der Waals surface area contributed by atoms with E-state index in [2.05, 4.69) is 10.3 Å². The smallest absolute Gasteiger partial charge is 0.316 e. The minimum absolute atomic E-state index is 0.148. The number of hydrogen-bond acceptors (Lipinski definition) is 5. The van der Waals surface area contributed by atoms with Gasteiger partial charge in [0.2, 0.25) is 5.91 Å². The largest absolute Gasteiger partial charge is 0.480 e. The van der Waals surface area contributed by atoms with Crippen LogP contribution in [0, 0.1) is 0 Å². The highest BCUT2D eigenvalue weighted by atomic mass is 32.2. The molecule has 0 saturated heterocycles. The molecule has 2 N–H and O–H groups in total. The predicted octanol–water partition coefficient (Wildman–Crippen LogP) is 3.33. The second-order valence-corrected chi connectivity index (χ2v) is 6.61. The third-order valence-corrected chi connectivity index (χ3v) is 4.46. The van der Waals surface area contributed by atoms with Crippen molar-refractivity contribution in [1.29, 1.82) is 0 Å². The van der Waals surface area contributed by atoms with Gasteiger partial charge in [0.25, 0.3) is 0 Å². The Balaban J connectivity index is 2.09. The molecule has 0 saturated carbocycles. The lowest BCUT2D eigenvalue weighted by Crippen LogP contribution is -2.10. The van der Waals surface area contributed by atoms with E-state index in [4.69, 9.17) is 5.11 Å². The number of rotatable bonds is 5. The summed E-state index contributed by atoms with van der Waals surface area (Å²) in [6.45, 7) is 3.09. The number of hydrogen-bond donors (Lipinski definition) is 2. The molecule has 1 amide bonds. The summed E-state index contributed by atoms with van der Waals surface area (Å²) in [4.78, 5) is 27.0. The Kier molecular flexibility index (Phi) is 4.98. The van der Waals surface area contributed by atoms with Crippen LogP contribution in [0.2, 0.25) is 0 Å². The first kappa shape index (κ1) is 15.5. The fourth-order valence-corrected chi connectivity index (χ4v) is 3.14. The quantitative estimate of drug-likeness (QED) is 0.825. The summed E-state index contributed by atoms with van der Waals surface area (Å²) < 4.78 is 0. The van der Waals surface area contributed by atoms with Gasteiger partial charge in [0.1, 0.15) is 5.25 Å². The van der Waals surface area contributed by atoms with E-state index in [0.717, 1.165) is 16.2 Å². The summed E-state index contributed by atoms with van der Waals surface area (Å²) in [6.07, 6.45) is 0. The first-order valence-electron chi connectivity index (χ1n) is 6.18. The second-order valence-electron chi connectivity index (χ2n) is 4.34. The van der Waals surface area contributed by atoms with Crippen molar-refractivity contribution in [3.05, 3.63) is 29.6 Å². The lowest BCUT2D eigenvalue weighted by atomic mass is 10.2. The van der Waals surface area contributed by atoms with Gasteiger partial charge in [-0.25, -0.2) is 4.98 Å². The third-order valence-electron chi connectivity index (χ3n) is 2.60. The molecule has 0 aliphatic carbocycles. The summed E-state index contributed by atoms with van der Waals surface area (Å²) in [7, 11) is 0. The van der Waals surface area contributed by atoms with Crippen LogP contribution in [0.25, 0.3) is 11.3 Å². The fourth-order valence-electron chi connectivity index (χ4n) is 1.57. The number of aliphatic carboxylic acids is 1. The highest BCUT2D eigenvalue weighted by molar-refractivity contribution is 8.00. The van der Waals surface area contributed by atoms with Crippen LogP contribution in [-0.4, -0.2) is 27.2 Å². The first-order chi connectivity index (χ1) is 9.95. The Morgan fingerprint density at radius 3 is 2.57 bits per heavy atom. The van der Waals surface area contributed by atoms with Crippen LogP contribution >= 0.6 is 23.1 Å². The van der Waals surface area contributed by atoms with Crippen molar-refractivity contribution in [2.45, 2.75) is 24.0 Å². The van der Waals surface area contributed by atoms with Crippen LogP contribution in [0.4, 0.5) is 5.13 Å². The Morgan fingerprint density at radius 1 is 1.33 bits per heavy atom. The number of carboxylic acids is 1. The van der Waals surface area contributed by atoms with Crippen LogP contribution < -0.4 is 5.32 Å². The number of thioether (sulfide) groups is 1. The lowest BCUT2D eigenvalue weighted by molar-refractivity contribution is -0.136. The van der Waals surface area contributed by atoms with Crippen molar-refractivity contribution in [2.75, 3.05) is 5.32 Å². The van der Waals surface area contributed by atoms with Crippen molar-refractivity contribution >= 4 is 40.1 Å². The van der Waals surface area contributed by atoms with E-state index in [-0.39, 0.29) is 5.91 Å². The minimum Gasteiger partial charge on any atom is -0.480 e. The van der Waals surface area contributed by atoms with Gasteiger partial charge < -0.3 is 10.4 Å². The molecule has 0 radical (unpaired) electrons. The van der Waals surface area contributed by atoms with Gasteiger partial charge in [0, 0.05) is 22.8 Å². The van der Waals surface area contributed by atoms with Gasteiger partial charge in [-0.05, 0) is 19.1 Å². The van der Waals surface area contributed by atoms with E-state index in [9.17, 15) is 9.59 Å². The van der Waals surface area contributed by atoms with Gasteiger partial charge >= 0.3 is 5.97 Å². The highest BCUT2D eigenvalue weighted by Gasteiger charge is 2.12. The molecule has 0 fully saturated rings. The number of amides is 1.